The highest BCUT2D eigenvalue weighted by molar-refractivity contribution is 5.92. The number of nitrogens with zero attached hydrogens (tertiary/aromatic N) is 2. The lowest BCUT2D eigenvalue weighted by molar-refractivity contribution is 0.0921. The Hall–Kier alpha value is -2.83. The van der Waals surface area contributed by atoms with Gasteiger partial charge < -0.3 is 20.5 Å². The second kappa shape index (κ2) is 9.03. The number of amides is 1. The summed E-state index contributed by atoms with van der Waals surface area (Å²) in [7, 11) is 1.58. The quantitative estimate of drug-likeness (QED) is 0.752. The van der Waals surface area contributed by atoms with E-state index >= 15 is 0 Å². The van der Waals surface area contributed by atoms with Gasteiger partial charge in [0.05, 0.1) is 13.2 Å². The van der Waals surface area contributed by atoms with Crippen molar-refractivity contribution < 1.29 is 14.3 Å². The van der Waals surface area contributed by atoms with Crippen LogP contribution < -0.4 is 20.5 Å². The number of aromatic nitrogens is 2. The van der Waals surface area contributed by atoms with E-state index in [0.717, 1.165) is 12.1 Å². The molecule has 0 saturated heterocycles. The van der Waals surface area contributed by atoms with E-state index in [1.54, 1.807) is 13.2 Å². The van der Waals surface area contributed by atoms with Crippen LogP contribution in [0.4, 0.5) is 5.95 Å². The molecule has 2 rings (SSSR count). The molecule has 3 N–H and O–H groups in total. The van der Waals surface area contributed by atoms with E-state index < -0.39 is 0 Å². The minimum absolute atomic E-state index is 0.103. The number of para-hydroxylation sites is 2. The zero-order valence-electron chi connectivity index (χ0n) is 15.7. The second-order valence-electron chi connectivity index (χ2n) is 6.54. The lowest BCUT2D eigenvalue weighted by atomic mass is 10.1. The first-order valence-electron chi connectivity index (χ1n) is 8.59. The average molecular weight is 358 g/mol. The van der Waals surface area contributed by atoms with Crippen molar-refractivity contribution >= 4 is 11.9 Å². The summed E-state index contributed by atoms with van der Waals surface area (Å²) in [4.78, 5) is 20.7. The van der Waals surface area contributed by atoms with E-state index in [2.05, 4.69) is 29.1 Å². The van der Waals surface area contributed by atoms with E-state index in [4.69, 9.17) is 15.2 Å². The van der Waals surface area contributed by atoms with Crippen LogP contribution >= 0.6 is 0 Å². The van der Waals surface area contributed by atoms with Crippen LogP contribution in [0.5, 0.6) is 11.5 Å². The third-order valence-electron chi connectivity index (χ3n) is 3.58. The number of anilines is 1. The molecule has 2 aromatic rings. The van der Waals surface area contributed by atoms with Crippen LogP contribution in [0.2, 0.25) is 0 Å². The van der Waals surface area contributed by atoms with Gasteiger partial charge in [0, 0.05) is 5.69 Å². The molecule has 0 saturated carbocycles. The Morgan fingerprint density at radius 2 is 1.88 bits per heavy atom. The number of hydrogen-bond acceptors (Lipinski definition) is 6. The van der Waals surface area contributed by atoms with Crippen molar-refractivity contribution in [1.82, 2.24) is 15.3 Å². The summed E-state index contributed by atoms with van der Waals surface area (Å²) in [6.45, 7) is 6.31. The largest absolute Gasteiger partial charge is 0.493 e. The lowest BCUT2D eigenvalue weighted by Crippen LogP contribution is -2.37. The number of carbonyl (C=O) groups excluding carboxylic acids is 1. The molecule has 26 heavy (non-hydrogen) atoms. The van der Waals surface area contributed by atoms with Crippen molar-refractivity contribution in [2.75, 3.05) is 19.5 Å². The van der Waals surface area contributed by atoms with Gasteiger partial charge in [0.15, 0.2) is 11.5 Å². The molecule has 1 aromatic carbocycles. The fourth-order valence-corrected chi connectivity index (χ4v) is 2.45. The second-order valence-corrected chi connectivity index (χ2v) is 6.54. The van der Waals surface area contributed by atoms with Crippen molar-refractivity contribution in [1.29, 1.82) is 0 Å². The van der Waals surface area contributed by atoms with Gasteiger partial charge in [0.25, 0.3) is 5.91 Å². The predicted octanol–water partition coefficient (Wildman–Crippen LogP) is 2.46. The van der Waals surface area contributed by atoms with Gasteiger partial charge in [-0.3, -0.25) is 4.79 Å². The SMILES string of the molecule is COc1ccccc1OCC(C)NC(=O)c1cc(CC(C)C)nc(N)n1. The molecule has 0 aliphatic heterocycles. The fraction of sp³-hybridized carbons (Fsp3) is 0.421. The Morgan fingerprint density at radius 3 is 2.54 bits per heavy atom. The van der Waals surface area contributed by atoms with E-state index in [-0.39, 0.29) is 23.6 Å². The highest BCUT2D eigenvalue weighted by atomic mass is 16.5. The highest BCUT2D eigenvalue weighted by Crippen LogP contribution is 2.25. The summed E-state index contributed by atoms with van der Waals surface area (Å²) in [5.74, 6) is 1.48. The Morgan fingerprint density at radius 1 is 1.19 bits per heavy atom. The minimum atomic E-state index is -0.305. The van der Waals surface area contributed by atoms with Gasteiger partial charge in [0.2, 0.25) is 5.95 Å². The summed E-state index contributed by atoms with van der Waals surface area (Å²) in [5.41, 5.74) is 6.75. The van der Waals surface area contributed by atoms with E-state index in [9.17, 15) is 4.79 Å². The summed E-state index contributed by atoms with van der Waals surface area (Å²) < 4.78 is 11.0. The fourth-order valence-electron chi connectivity index (χ4n) is 2.45. The van der Waals surface area contributed by atoms with Crippen LogP contribution in [0.1, 0.15) is 37.0 Å². The number of carbonyl (C=O) groups is 1. The zero-order chi connectivity index (χ0) is 19.1. The molecule has 140 valence electrons. The number of hydrogen-bond donors (Lipinski definition) is 2. The van der Waals surface area contributed by atoms with E-state index in [1.165, 1.54) is 0 Å². The normalized spacial score (nSPS) is 11.9. The molecule has 1 heterocycles. The average Bonchev–Trinajstić information content (AvgIpc) is 2.59. The molecule has 0 spiro atoms. The highest BCUT2D eigenvalue weighted by Gasteiger charge is 2.15. The summed E-state index contributed by atoms with van der Waals surface area (Å²) in [6, 6.07) is 8.82. The van der Waals surface area contributed by atoms with Crippen molar-refractivity contribution in [2.24, 2.45) is 5.92 Å². The molecule has 1 atom stereocenters. The third-order valence-corrected chi connectivity index (χ3v) is 3.58. The van der Waals surface area contributed by atoms with Crippen molar-refractivity contribution in [3.63, 3.8) is 0 Å². The zero-order valence-corrected chi connectivity index (χ0v) is 15.7. The van der Waals surface area contributed by atoms with Crippen molar-refractivity contribution in [3.05, 3.63) is 41.7 Å². The standard InChI is InChI=1S/C19H26N4O3/c1-12(2)9-14-10-15(23-19(20)22-14)18(24)21-13(3)11-26-17-8-6-5-7-16(17)25-4/h5-8,10,12-13H,9,11H2,1-4H3,(H,21,24)(H2,20,22,23). The van der Waals surface area contributed by atoms with Gasteiger partial charge in [-0.2, -0.15) is 0 Å². The molecule has 1 amide bonds. The number of nitrogens with one attached hydrogen (secondary N) is 1. The monoisotopic (exact) mass is 358 g/mol. The first-order valence-corrected chi connectivity index (χ1v) is 8.59. The van der Waals surface area contributed by atoms with E-state index in [0.29, 0.717) is 24.0 Å². The van der Waals surface area contributed by atoms with Crippen molar-refractivity contribution in [2.45, 2.75) is 33.2 Å². The molecule has 1 unspecified atom stereocenters. The number of nitrogens with two attached hydrogens (primary N) is 1. The van der Waals surface area contributed by atoms with Crippen LogP contribution in [0.25, 0.3) is 0 Å². The Kier molecular flexibility index (Phi) is 6.77. The van der Waals surface area contributed by atoms with Crippen LogP contribution in [0.15, 0.2) is 30.3 Å². The summed E-state index contributed by atoms with van der Waals surface area (Å²) in [6.07, 6.45) is 0.736. The Bertz CT molecular complexity index is 749. The molecule has 0 aliphatic rings. The molecule has 0 fully saturated rings. The number of rotatable bonds is 8. The molecule has 7 heteroatoms. The van der Waals surface area contributed by atoms with Gasteiger partial charge in [-0.15, -0.1) is 0 Å². The van der Waals surface area contributed by atoms with Crippen LogP contribution in [-0.4, -0.2) is 35.6 Å². The molecular formula is C19H26N4O3. The smallest absolute Gasteiger partial charge is 0.270 e. The number of ether oxygens (including phenoxy) is 2. The van der Waals surface area contributed by atoms with Crippen LogP contribution in [0.3, 0.4) is 0 Å². The first kappa shape index (κ1) is 19.5. The molecule has 0 radical (unpaired) electrons. The van der Waals surface area contributed by atoms with Crippen molar-refractivity contribution in [3.8, 4) is 11.5 Å². The van der Waals surface area contributed by atoms with Crippen LogP contribution in [0, 0.1) is 5.92 Å². The minimum Gasteiger partial charge on any atom is -0.493 e. The number of methoxy groups -OCH3 is 1. The third kappa shape index (κ3) is 5.61. The predicted molar refractivity (Wildman–Crippen MR) is 100 cm³/mol. The first-order chi connectivity index (χ1) is 12.4. The maximum absolute atomic E-state index is 12.4. The molecule has 7 nitrogen and oxygen atoms in total. The molecule has 0 bridgehead atoms. The Labute approximate surface area is 153 Å². The lowest BCUT2D eigenvalue weighted by Gasteiger charge is -2.16. The van der Waals surface area contributed by atoms with Gasteiger partial charge >= 0.3 is 0 Å². The molecular weight excluding hydrogens is 332 g/mol. The summed E-state index contributed by atoms with van der Waals surface area (Å²) >= 11 is 0. The van der Waals surface area contributed by atoms with Crippen LogP contribution in [-0.2, 0) is 6.42 Å². The van der Waals surface area contributed by atoms with Gasteiger partial charge in [-0.05, 0) is 37.5 Å². The van der Waals surface area contributed by atoms with E-state index in [1.807, 2.05) is 31.2 Å². The van der Waals surface area contributed by atoms with Gasteiger partial charge in [-0.25, -0.2) is 9.97 Å². The number of benzene rings is 1. The molecule has 1 aromatic heterocycles. The maximum atomic E-state index is 12.4. The summed E-state index contributed by atoms with van der Waals surface area (Å²) in [5, 5.41) is 2.86. The molecule has 0 aliphatic carbocycles. The topological polar surface area (TPSA) is 99.4 Å². The maximum Gasteiger partial charge on any atom is 0.270 e. The van der Waals surface area contributed by atoms with Gasteiger partial charge in [-0.1, -0.05) is 26.0 Å². The number of nitrogen functional groups attached to an aromatic ring is 1. The Balaban J connectivity index is 1.97. The van der Waals surface area contributed by atoms with Gasteiger partial charge in [0.1, 0.15) is 12.3 Å².